The molecule has 4 rings (SSSR count). The van der Waals surface area contributed by atoms with E-state index in [1.165, 1.54) is 36.4 Å². The highest BCUT2D eigenvalue weighted by Crippen LogP contribution is 2.32. The van der Waals surface area contributed by atoms with Crippen LogP contribution in [0.15, 0.2) is 77.7 Å². The van der Waals surface area contributed by atoms with Crippen molar-refractivity contribution in [1.29, 1.82) is 5.26 Å². The van der Waals surface area contributed by atoms with Gasteiger partial charge in [0.25, 0.3) is 5.91 Å². The maximum absolute atomic E-state index is 13.7. The second kappa shape index (κ2) is 9.39. The summed E-state index contributed by atoms with van der Waals surface area (Å²) < 4.78 is 28.4. The molecule has 172 valence electrons. The van der Waals surface area contributed by atoms with Crippen LogP contribution in [0.4, 0.5) is 5.69 Å². The summed E-state index contributed by atoms with van der Waals surface area (Å²) in [5.41, 5.74) is 2.05. The van der Waals surface area contributed by atoms with E-state index in [0.29, 0.717) is 16.1 Å². The summed E-state index contributed by atoms with van der Waals surface area (Å²) in [7, 11) is -4.16. The predicted molar refractivity (Wildman–Crippen MR) is 127 cm³/mol. The second-order valence-corrected chi connectivity index (χ2v) is 10.2. The monoisotopic (exact) mass is 493 g/mol. The number of imide groups is 1. The number of rotatable bonds is 6. The number of benzene rings is 3. The highest BCUT2D eigenvalue weighted by molar-refractivity contribution is 7.89. The highest BCUT2D eigenvalue weighted by atomic mass is 35.5. The number of sulfonamides is 1. The lowest BCUT2D eigenvalue weighted by Gasteiger charge is -2.27. The summed E-state index contributed by atoms with van der Waals surface area (Å²) in [6, 6.07) is 19.8. The van der Waals surface area contributed by atoms with Gasteiger partial charge in [0.1, 0.15) is 6.04 Å². The second-order valence-electron chi connectivity index (χ2n) is 7.90. The number of anilines is 1. The van der Waals surface area contributed by atoms with E-state index in [-0.39, 0.29) is 23.5 Å². The molecule has 1 atom stereocenters. The molecule has 0 N–H and O–H groups in total. The first-order valence-corrected chi connectivity index (χ1v) is 12.2. The molecule has 2 amide bonds. The molecule has 0 bridgehead atoms. The van der Waals surface area contributed by atoms with Crippen molar-refractivity contribution >= 4 is 39.1 Å². The molecule has 0 saturated carbocycles. The molecule has 1 saturated heterocycles. The van der Waals surface area contributed by atoms with E-state index >= 15 is 0 Å². The molecule has 3 aromatic rings. The van der Waals surface area contributed by atoms with E-state index in [0.717, 1.165) is 14.8 Å². The zero-order valence-electron chi connectivity index (χ0n) is 18.2. The fourth-order valence-corrected chi connectivity index (χ4v) is 5.56. The fraction of sp³-hybridized carbons (Fsp3) is 0.160. The van der Waals surface area contributed by atoms with Crippen LogP contribution in [0.1, 0.15) is 23.1 Å². The number of amides is 2. The van der Waals surface area contributed by atoms with E-state index in [2.05, 4.69) is 0 Å². The molecule has 0 aliphatic carbocycles. The number of hydrogen-bond donors (Lipinski definition) is 0. The third-order valence-electron chi connectivity index (χ3n) is 5.64. The number of hydrogen-bond acceptors (Lipinski definition) is 5. The normalized spacial score (nSPS) is 16.2. The molecular formula is C25H20ClN3O4S. The van der Waals surface area contributed by atoms with E-state index in [9.17, 15) is 18.0 Å². The van der Waals surface area contributed by atoms with E-state index in [4.69, 9.17) is 16.9 Å². The Morgan fingerprint density at radius 1 is 1.03 bits per heavy atom. The maximum atomic E-state index is 13.7. The predicted octanol–water partition coefficient (Wildman–Crippen LogP) is 4.04. The number of halogens is 1. The zero-order valence-corrected chi connectivity index (χ0v) is 19.8. The molecule has 1 aliphatic heterocycles. The van der Waals surface area contributed by atoms with Crippen LogP contribution in [0.2, 0.25) is 5.02 Å². The molecule has 1 fully saturated rings. The number of nitriles is 1. The molecule has 0 radical (unpaired) electrons. The molecule has 0 spiro atoms. The average molecular weight is 494 g/mol. The van der Waals surface area contributed by atoms with Gasteiger partial charge < -0.3 is 0 Å². The largest absolute Gasteiger partial charge is 0.274 e. The number of carbonyl (C=O) groups excluding carboxylic acids is 2. The van der Waals surface area contributed by atoms with Gasteiger partial charge in [-0.05, 0) is 55.0 Å². The Kier molecular flexibility index (Phi) is 6.53. The molecule has 7 nitrogen and oxygen atoms in total. The lowest BCUT2D eigenvalue weighted by atomic mass is 10.2. The summed E-state index contributed by atoms with van der Waals surface area (Å²) >= 11 is 6.30. The van der Waals surface area contributed by atoms with Gasteiger partial charge in [-0.3, -0.25) is 9.59 Å². The van der Waals surface area contributed by atoms with Crippen molar-refractivity contribution in [2.75, 3.05) is 4.90 Å². The maximum Gasteiger partial charge on any atom is 0.252 e. The minimum atomic E-state index is -4.16. The Hall–Kier alpha value is -3.51. The van der Waals surface area contributed by atoms with Gasteiger partial charge in [-0.15, -0.1) is 0 Å². The minimum Gasteiger partial charge on any atom is -0.274 e. The molecule has 9 heteroatoms. The zero-order chi connectivity index (χ0) is 24.5. The third-order valence-corrected chi connectivity index (χ3v) is 7.87. The average Bonchev–Trinajstić information content (AvgIpc) is 3.12. The Bertz CT molecular complexity index is 1400. The third kappa shape index (κ3) is 4.46. The van der Waals surface area contributed by atoms with Gasteiger partial charge in [-0.2, -0.15) is 9.57 Å². The van der Waals surface area contributed by atoms with E-state index < -0.39 is 27.9 Å². The number of nitrogens with zero attached hydrogens (tertiary/aromatic N) is 3. The summed E-state index contributed by atoms with van der Waals surface area (Å²) in [5.74, 6) is -1.18. The van der Waals surface area contributed by atoms with Crippen molar-refractivity contribution < 1.29 is 18.0 Å². The molecule has 3 aromatic carbocycles. The van der Waals surface area contributed by atoms with Crippen LogP contribution in [0.3, 0.4) is 0 Å². The summed E-state index contributed by atoms with van der Waals surface area (Å²) in [4.78, 5) is 27.3. The first-order chi connectivity index (χ1) is 16.2. The first kappa shape index (κ1) is 23.6. The quantitative estimate of drug-likeness (QED) is 0.482. The van der Waals surface area contributed by atoms with Crippen molar-refractivity contribution in [3.05, 3.63) is 94.5 Å². The molecule has 0 aromatic heterocycles. The Labute approximate surface area is 202 Å². The van der Waals surface area contributed by atoms with Crippen molar-refractivity contribution in [2.45, 2.75) is 30.8 Å². The Balaban J connectivity index is 1.76. The molecule has 1 unspecified atom stereocenters. The lowest BCUT2D eigenvalue weighted by Crippen LogP contribution is -2.45. The van der Waals surface area contributed by atoms with Gasteiger partial charge in [0.15, 0.2) is 0 Å². The van der Waals surface area contributed by atoms with Crippen LogP contribution in [0.25, 0.3) is 0 Å². The van der Waals surface area contributed by atoms with Gasteiger partial charge in [-0.25, -0.2) is 13.3 Å². The van der Waals surface area contributed by atoms with Crippen molar-refractivity contribution in [1.82, 2.24) is 4.31 Å². The summed E-state index contributed by atoms with van der Waals surface area (Å²) in [5, 5.41) is 9.36. The minimum absolute atomic E-state index is 0.0159. The standard InChI is InChI=1S/C25H20ClN3O4S/c1-17-6-12-21(13-7-17)34(32,33)28(16-19-4-2-3-5-22(19)26)23-14-24(30)29(25(23)31)20-10-8-18(15-27)9-11-20/h2-13,23H,14,16H2,1H3. The van der Waals surface area contributed by atoms with E-state index in [1.807, 2.05) is 13.0 Å². The van der Waals surface area contributed by atoms with Gasteiger partial charge >= 0.3 is 0 Å². The van der Waals surface area contributed by atoms with Crippen LogP contribution in [0.5, 0.6) is 0 Å². The number of carbonyl (C=O) groups is 2. The van der Waals surface area contributed by atoms with Crippen LogP contribution >= 0.6 is 11.6 Å². The van der Waals surface area contributed by atoms with Gasteiger partial charge in [0, 0.05) is 11.6 Å². The van der Waals surface area contributed by atoms with Crippen LogP contribution < -0.4 is 4.90 Å². The number of aryl methyl sites for hydroxylation is 1. The molecule has 34 heavy (non-hydrogen) atoms. The van der Waals surface area contributed by atoms with Gasteiger partial charge in [-0.1, -0.05) is 47.5 Å². The fourth-order valence-electron chi connectivity index (χ4n) is 3.80. The Morgan fingerprint density at radius 2 is 1.68 bits per heavy atom. The van der Waals surface area contributed by atoms with Crippen LogP contribution in [-0.4, -0.2) is 30.6 Å². The van der Waals surface area contributed by atoms with E-state index in [1.54, 1.807) is 36.4 Å². The lowest BCUT2D eigenvalue weighted by molar-refractivity contribution is -0.122. The van der Waals surface area contributed by atoms with Crippen molar-refractivity contribution in [3.63, 3.8) is 0 Å². The van der Waals surface area contributed by atoms with Crippen LogP contribution in [-0.2, 0) is 26.2 Å². The van der Waals surface area contributed by atoms with Crippen molar-refractivity contribution in [3.8, 4) is 6.07 Å². The topological polar surface area (TPSA) is 98.6 Å². The van der Waals surface area contributed by atoms with Crippen LogP contribution in [0, 0.1) is 18.3 Å². The molecule has 1 aliphatic rings. The molecular weight excluding hydrogens is 474 g/mol. The highest BCUT2D eigenvalue weighted by Gasteiger charge is 2.47. The summed E-state index contributed by atoms with van der Waals surface area (Å²) in [6.45, 7) is 1.66. The smallest absolute Gasteiger partial charge is 0.252 e. The van der Waals surface area contributed by atoms with Gasteiger partial charge in [0.2, 0.25) is 15.9 Å². The summed E-state index contributed by atoms with van der Waals surface area (Å²) in [6.07, 6.45) is -0.311. The van der Waals surface area contributed by atoms with Gasteiger partial charge in [0.05, 0.1) is 28.6 Å². The Morgan fingerprint density at radius 3 is 2.29 bits per heavy atom. The molecule has 1 heterocycles. The first-order valence-electron chi connectivity index (χ1n) is 10.4. The SMILES string of the molecule is Cc1ccc(S(=O)(=O)N(Cc2ccccc2Cl)C2CC(=O)N(c3ccc(C#N)cc3)C2=O)cc1. The van der Waals surface area contributed by atoms with Crippen molar-refractivity contribution in [2.24, 2.45) is 0 Å².